The third-order valence-corrected chi connectivity index (χ3v) is 3.67. The number of carbonyl (C=O) groups excluding carboxylic acids is 3. The van der Waals surface area contributed by atoms with Crippen molar-refractivity contribution in [1.29, 1.82) is 0 Å². The Bertz CT molecular complexity index is 359. The molecule has 0 atom stereocenters. The summed E-state index contributed by atoms with van der Waals surface area (Å²) in [6.45, 7) is 5.16. The van der Waals surface area contributed by atoms with E-state index in [4.69, 9.17) is 0 Å². The molecule has 0 radical (unpaired) electrons. The molecule has 2 aliphatic heterocycles. The van der Waals surface area contributed by atoms with Crippen LogP contribution < -0.4 is 5.32 Å². The van der Waals surface area contributed by atoms with Gasteiger partial charge in [0, 0.05) is 52.0 Å². The summed E-state index contributed by atoms with van der Waals surface area (Å²) in [5.41, 5.74) is 0. The second kappa shape index (κ2) is 6.14. The van der Waals surface area contributed by atoms with Crippen LogP contribution in [0.4, 0.5) is 0 Å². The van der Waals surface area contributed by atoms with E-state index in [-0.39, 0.29) is 36.6 Å². The Balaban J connectivity index is 1.82. The lowest BCUT2D eigenvalue weighted by molar-refractivity contribution is -0.150. The highest BCUT2D eigenvalue weighted by Crippen LogP contribution is 2.19. The normalized spacial score (nSPS) is 21.9. The highest BCUT2D eigenvalue weighted by Gasteiger charge is 2.30. The summed E-state index contributed by atoms with van der Waals surface area (Å²) in [4.78, 5) is 38.6. The van der Waals surface area contributed by atoms with Gasteiger partial charge < -0.3 is 10.2 Å². The largest absolute Gasteiger partial charge is 0.340 e. The summed E-state index contributed by atoms with van der Waals surface area (Å²) in [5.74, 6) is -0.130. The van der Waals surface area contributed by atoms with Crippen molar-refractivity contribution in [3.8, 4) is 0 Å². The average Bonchev–Trinajstić information content (AvgIpc) is 2.38. The lowest BCUT2D eigenvalue weighted by Crippen LogP contribution is -2.48. The van der Waals surface area contributed by atoms with Crippen LogP contribution in [-0.4, -0.2) is 60.2 Å². The van der Waals surface area contributed by atoms with E-state index in [1.165, 1.54) is 4.90 Å². The van der Waals surface area contributed by atoms with Gasteiger partial charge in [0.1, 0.15) is 0 Å². The molecule has 0 saturated carbocycles. The quantitative estimate of drug-likeness (QED) is 0.706. The lowest BCUT2D eigenvalue weighted by Gasteiger charge is -2.30. The standard InChI is InChI=1S/C13H21N3O3/c1-10-8-12(18)16(13(19)9-10)5-2-11(17)15-6-3-14-4-7-15/h10,14H,2-9H2,1H3. The molecule has 3 amide bonds. The molecule has 2 saturated heterocycles. The van der Waals surface area contributed by atoms with Gasteiger partial charge >= 0.3 is 0 Å². The summed E-state index contributed by atoms with van der Waals surface area (Å²) in [5, 5.41) is 3.18. The minimum atomic E-state index is -0.142. The van der Waals surface area contributed by atoms with E-state index in [0.717, 1.165) is 13.1 Å². The van der Waals surface area contributed by atoms with E-state index in [1.54, 1.807) is 4.90 Å². The number of amides is 3. The van der Waals surface area contributed by atoms with Crippen LogP contribution in [0.5, 0.6) is 0 Å². The van der Waals surface area contributed by atoms with Crippen LogP contribution in [0.3, 0.4) is 0 Å². The number of nitrogens with zero attached hydrogens (tertiary/aromatic N) is 2. The van der Waals surface area contributed by atoms with Crippen LogP contribution in [0.1, 0.15) is 26.2 Å². The minimum absolute atomic E-state index is 0.0284. The van der Waals surface area contributed by atoms with Crippen molar-refractivity contribution >= 4 is 17.7 Å². The Hall–Kier alpha value is -1.43. The van der Waals surface area contributed by atoms with E-state index in [2.05, 4.69) is 5.32 Å². The number of hydrogen-bond donors (Lipinski definition) is 1. The highest BCUT2D eigenvalue weighted by molar-refractivity contribution is 5.98. The number of likely N-dealkylation sites (tertiary alicyclic amines) is 1. The third-order valence-electron chi connectivity index (χ3n) is 3.67. The number of piperazine rings is 1. The molecule has 106 valence electrons. The highest BCUT2D eigenvalue weighted by atomic mass is 16.2. The molecule has 0 aliphatic carbocycles. The molecule has 2 fully saturated rings. The first kappa shape index (κ1) is 14.0. The predicted octanol–water partition coefficient (Wildman–Crippen LogP) is -0.407. The number of nitrogens with one attached hydrogen (secondary N) is 1. The van der Waals surface area contributed by atoms with Crippen molar-refractivity contribution in [3.63, 3.8) is 0 Å². The summed E-state index contributed by atoms with van der Waals surface area (Å²) in [6.07, 6.45) is 1.06. The number of piperidine rings is 1. The first-order valence-electron chi connectivity index (χ1n) is 6.89. The lowest BCUT2D eigenvalue weighted by atomic mass is 9.97. The molecular formula is C13H21N3O3. The summed E-state index contributed by atoms with van der Waals surface area (Å²) < 4.78 is 0. The van der Waals surface area contributed by atoms with Crippen molar-refractivity contribution in [2.75, 3.05) is 32.7 Å². The van der Waals surface area contributed by atoms with Gasteiger partial charge in [-0.3, -0.25) is 19.3 Å². The van der Waals surface area contributed by atoms with Crippen LogP contribution in [0, 0.1) is 5.92 Å². The zero-order valence-corrected chi connectivity index (χ0v) is 11.4. The molecule has 0 bridgehead atoms. The van der Waals surface area contributed by atoms with Crippen molar-refractivity contribution in [2.45, 2.75) is 26.2 Å². The number of carbonyl (C=O) groups is 3. The number of rotatable bonds is 3. The molecular weight excluding hydrogens is 246 g/mol. The maximum atomic E-state index is 12.0. The zero-order valence-electron chi connectivity index (χ0n) is 11.4. The molecule has 2 rings (SSSR count). The number of hydrogen-bond acceptors (Lipinski definition) is 4. The van der Waals surface area contributed by atoms with Crippen molar-refractivity contribution in [1.82, 2.24) is 15.1 Å². The van der Waals surface area contributed by atoms with Crippen LogP contribution in [0.25, 0.3) is 0 Å². The molecule has 0 spiro atoms. The Morgan fingerprint density at radius 3 is 2.37 bits per heavy atom. The first-order chi connectivity index (χ1) is 9.08. The van der Waals surface area contributed by atoms with E-state index in [9.17, 15) is 14.4 Å². The van der Waals surface area contributed by atoms with Crippen LogP contribution >= 0.6 is 0 Å². The van der Waals surface area contributed by atoms with E-state index < -0.39 is 0 Å². The maximum Gasteiger partial charge on any atom is 0.229 e. The molecule has 2 aliphatic rings. The summed E-state index contributed by atoms with van der Waals surface area (Å²) in [6, 6.07) is 0. The maximum absolute atomic E-state index is 12.0. The van der Waals surface area contributed by atoms with Gasteiger partial charge in [0.05, 0.1) is 0 Å². The second-order valence-electron chi connectivity index (χ2n) is 5.33. The summed E-state index contributed by atoms with van der Waals surface area (Å²) in [7, 11) is 0. The predicted molar refractivity (Wildman–Crippen MR) is 69.2 cm³/mol. The van der Waals surface area contributed by atoms with Crippen molar-refractivity contribution in [3.05, 3.63) is 0 Å². The van der Waals surface area contributed by atoms with Crippen molar-refractivity contribution in [2.24, 2.45) is 5.92 Å². The second-order valence-corrected chi connectivity index (χ2v) is 5.33. The topological polar surface area (TPSA) is 69.7 Å². The molecule has 0 aromatic carbocycles. The molecule has 0 aromatic heterocycles. The fraction of sp³-hybridized carbons (Fsp3) is 0.769. The zero-order chi connectivity index (χ0) is 13.8. The Morgan fingerprint density at radius 1 is 1.21 bits per heavy atom. The van der Waals surface area contributed by atoms with Crippen LogP contribution in [0.15, 0.2) is 0 Å². The van der Waals surface area contributed by atoms with E-state index >= 15 is 0 Å². The fourth-order valence-corrected chi connectivity index (χ4v) is 2.56. The van der Waals surface area contributed by atoms with Gasteiger partial charge in [0.25, 0.3) is 0 Å². The SMILES string of the molecule is CC1CC(=O)N(CCC(=O)N2CCNCC2)C(=O)C1. The van der Waals surface area contributed by atoms with E-state index in [0.29, 0.717) is 25.9 Å². The molecule has 2 heterocycles. The molecule has 0 aromatic rings. The molecule has 0 unspecified atom stereocenters. The molecule has 6 heteroatoms. The Morgan fingerprint density at radius 2 is 1.79 bits per heavy atom. The van der Waals surface area contributed by atoms with Gasteiger partial charge in [0.15, 0.2) is 0 Å². The summed E-state index contributed by atoms with van der Waals surface area (Å²) >= 11 is 0. The van der Waals surface area contributed by atoms with Gasteiger partial charge in [-0.2, -0.15) is 0 Å². The smallest absolute Gasteiger partial charge is 0.229 e. The van der Waals surface area contributed by atoms with Gasteiger partial charge in [-0.1, -0.05) is 6.92 Å². The van der Waals surface area contributed by atoms with Gasteiger partial charge in [-0.05, 0) is 5.92 Å². The average molecular weight is 267 g/mol. The van der Waals surface area contributed by atoms with Gasteiger partial charge in [-0.25, -0.2) is 0 Å². The molecule has 6 nitrogen and oxygen atoms in total. The van der Waals surface area contributed by atoms with Gasteiger partial charge in [0.2, 0.25) is 17.7 Å². The minimum Gasteiger partial charge on any atom is -0.340 e. The molecule has 19 heavy (non-hydrogen) atoms. The van der Waals surface area contributed by atoms with Crippen LogP contribution in [-0.2, 0) is 14.4 Å². The van der Waals surface area contributed by atoms with Crippen molar-refractivity contribution < 1.29 is 14.4 Å². The Kier molecular flexibility index (Phi) is 4.52. The fourth-order valence-electron chi connectivity index (χ4n) is 2.56. The monoisotopic (exact) mass is 267 g/mol. The molecule has 1 N–H and O–H groups in total. The first-order valence-corrected chi connectivity index (χ1v) is 6.89. The van der Waals surface area contributed by atoms with Gasteiger partial charge in [-0.15, -0.1) is 0 Å². The third kappa shape index (κ3) is 3.53. The number of imide groups is 1. The van der Waals surface area contributed by atoms with E-state index in [1.807, 2.05) is 6.92 Å². The van der Waals surface area contributed by atoms with Crippen LogP contribution in [0.2, 0.25) is 0 Å². The Labute approximate surface area is 113 Å².